The molecule has 1 atom stereocenters. The summed E-state index contributed by atoms with van der Waals surface area (Å²) in [4.78, 5) is 17.2. The summed E-state index contributed by atoms with van der Waals surface area (Å²) in [5, 5.41) is 6.34. The number of ether oxygens (including phenoxy) is 1. The predicted molar refractivity (Wildman–Crippen MR) is 133 cm³/mol. The molecule has 184 valence electrons. The monoisotopic (exact) mass is 501 g/mol. The molecular weight excluding hydrogens is 475 g/mol. The van der Waals surface area contributed by atoms with Gasteiger partial charge < -0.3 is 15.4 Å². The van der Waals surface area contributed by atoms with Crippen LogP contribution in [0.4, 0.5) is 18.9 Å². The number of halogens is 3. The van der Waals surface area contributed by atoms with E-state index in [1.807, 2.05) is 6.92 Å². The summed E-state index contributed by atoms with van der Waals surface area (Å²) < 4.78 is 47.3. The molecule has 2 N–H and O–H groups in total. The molecule has 0 radical (unpaired) electrons. The van der Waals surface area contributed by atoms with Crippen LogP contribution in [0, 0.1) is 6.57 Å². The number of alkyl halides is 3. The van der Waals surface area contributed by atoms with Gasteiger partial charge in [0.05, 0.1) is 35.9 Å². The fourth-order valence-corrected chi connectivity index (χ4v) is 5.05. The second-order valence-corrected chi connectivity index (χ2v) is 8.97. The van der Waals surface area contributed by atoms with Gasteiger partial charge >= 0.3 is 6.18 Å². The predicted octanol–water partition coefficient (Wildman–Crippen LogP) is 6.94. The Bertz CT molecular complexity index is 1200. The molecule has 1 unspecified atom stereocenters. The van der Waals surface area contributed by atoms with Crippen LogP contribution in [0.1, 0.15) is 43.7 Å². The van der Waals surface area contributed by atoms with Crippen LogP contribution in [-0.2, 0) is 11.0 Å². The highest BCUT2D eigenvalue weighted by Gasteiger charge is 2.41. The minimum absolute atomic E-state index is 0.0541. The second kappa shape index (κ2) is 11.4. The molecule has 3 rings (SSSR count). The third-order valence-corrected chi connectivity index (χ3v) is 6.63. The molecule has 0 fully saturated rings. The molecule has 9 heteroatoms. The van der Waals surface area contributed by atoms with Gasteiger partial charge in [0.1, 0.15) is 5.75 Å². The van der Waals surface area contributed by atoms with E-state index in [-0.39, 0.29) is 16.8 Å². The van der Waals surface area contributed by atoms with E-state index in [1.54, 1.807) is 31.2 Å². The van der Waals surface area contributed by atoms with Gasteiger partial charge in [-0.05, 0) is 42.9 Å². The minimum atomic E-state index is -4.65. The van der Waals surface area contributed by atoms with Crippen molar-refractivity contribution in [3.8, 4) is 5.75 Å². The molecule has 35 heavy (non-hydrogen) atoms. The smallest absolute Gasteiger partial charge is 0.416 e. The molecule has 0 bridgehead atoms. The number of hydrogen-bond acceptors (Lipinski definition) is 4. The average molecular weight is 502 g/mol. The van der Waals surface area contributed by atoms with Gasteiger partial charge in [0.2, 0.25) is 5.70 Å². The van der Waals surface area contributed by atoms with Crippen molar-refractivity contribution in [3.63, 3.8) is 0 Å². The maximum absolute atomic E-state index is 14.0. The van der Waals surface area contributed by atoms with Crippen LogP contribution < -0.4 is 15.4 Å². The first-order valence-corrected chi connectivity index (χ1v) is 12.0. The number of dihydropyridines is 1. The first-order chi connectivity index (χ1) is 16.7. The van der Waals surface area contributed by atoms with Crippen LogP contribution in [0.5, 0.6) is 5.75 Å². The summed E-state index contributed by atoms with van der Waals surface area (Å²) in [6.45, 7) is 11.5. The van der Waals surface area contributed by atoms with Crippen molar-refractivity contribution in [1.82, 2.24) is 5.32 Å². The summed E-state index contributed by atoms with van der Waals surface area (Å²) in [5.41, 5.74) is -0.116. The Morgan fingerprint density at radius 2 is 1.89 bits per heavy atom. The summed E-state index contributed by atoms with van der Waals surface area (Å²) in [6, 6.07) is 11.9. The minimum Gasteiger partial charge on any atom is -0.495 e. The Labute approximate surface area is 207 Å². The van der Waals surface area contributed by atoms with Crippen molar-refractivity contribution in [1.29, 1.82) is 0 Å². The van der Waals surface area contributed by atoms with Crippen LogP contribution in [0.15, 0.2) is 70.5 Å². The Kier molecular flexibility index (Phi) is 8.52. The molecule has 0 aliphatic carbocycles. The molecule has 2 aromatic rings. The maximum atomic E-state index is 14.0. The van der Waals surface area contributed by atoms with Gasteiger partial charge in [-0.15, -0.1) is 11.8 Å². The SMILES string of the molecule is [C-]#[N+]C1=C(SCCCC)NC(C)=C(C(=O)Nc2ccccc2OC)C1c1ccccc1C(F)(F)F. The van der Waals surface area contributed by atoms with E-state index in [9.17, 15) is 18.0 Å². The topological polar surface area (TPSA) is 54.7 Å². The number of nitrogens with zero attached hydrogens (tertiary/aromatic N) is 1. The van der Waals surface area contributed by atoms with Crippen molar-refractivity contribution >= 4 is 23.4 Å². The molecule has 1 aliphatic rings. The molecule has 1 amide bonds. The zero-order valence-electron chi connectivity index (χ0n) is 19.6. The quantitative estimate of drug-likeness (QED) is 0.304. The second-order valence-electron chi connectivity index (χ2n) is 7.86. The Morgan fingerprint density at radius 1 is 1.20 bits per heavy atom. The van der Waals surface area contributed by atoms with Crippen LogP contribution in [0.25, 0.3) is 4.85 Å². The lowest BCUT2D eigenvalue weighted by Gasteiger charge is -2.31. The number of para-hydroxylation sites is 2. The Balaban J connectivity index is 2.16. The number of methoxy groups -OCH3 is 1. The number of allylic oxidation sites excluding steroid dienone is 2. The van der Waals surface area contributed by atoms with Crippen molar-refractivity contribution < 1.29 is 22.7 Å². The molecule has 0 saturated heterocycles. The van der Waals surface area contributed by atoms with Crippen LogP contribution in [0.2, 0.25) is 0 Å². The number of carbonyl (C=O) groups is 1. The molecule has 1 heterocycles. The lowest BCUT2D eigenvalue weighted by molar-refractivity contribution is -0.138. The number of hydrogen-bond donors (Lipinski definition) is 2. The number of thioether (sulfide) groups is 1. The Morgan fingerprint density at radius 3 is 2.54 bits per heavy atom. The van der Waals surface area contributed by atoms with Gasteiger partial charge in [-0.2, -0.15) is 13.2 Å². The lowest BCUT2D eigenvalue weighted by atomic mass is 9.82. The lowest BCUT2D eigenvalue weighted by Crippen LogP contribution is -2.31. The molecule has 0 spiro atoms. The number of benzene rings is 2. The van der Waals surface area contributed by atoms with Gasteiger partial charge in [0, 0.05) is 11.3 Å². The van der Waals surface area contributed by atoms with Crippen molar-refractivity contribution in [2.24, 2.45) is 0 Å². The molecule has 0 saturated carbocycles. The summed E-state index contributed by atoms with van der Waals surface area (Å²) >= 11 is 1.38. The van der Waals surface area contributed by atoms with Gasteiger partial charge in [-0.1, -0.05) is 43.7 Å². The Hall–Kier alpha value is -3.38. The number of rotatable bonds is 8. The van der Waals surface area contributed by atoms with Crippen molar-refractivity contribution in [2.75, 3.05) is 18.2 Å². The average Bonchev–Trinajstić information content (AvgIpc) is 2.83. The highest BCUT2D eigenvalue weighted by Crippen LogP contribution is 2.46. The zero-order valence-corrected chi connectivity index (χ0v) is 20.4. The van der Waals surface area contributed by atoms with E-state index in [2.05, 4.69) is 15.5 Å². The number of unbranched alkanes of at least 4 members (excludes halogenated alkanes) is 1. The number of nitrogens with one attached hydrogen (secondary N) is 2. The summed E-state index contributed by atoms with van der Waals surface area (Å²) in [6.07, 6.45) is -2.83. The highest BCUT2D eigenvalue weighted by atomic mass is 32.2. The number of anilines is 1. The van der Waals surface area contributed by atoms with Gasteiger partial charge in [0.25, 0.3) is 5.91 Å². The van der Waals surface area contributed by atoms with E-state index in [0.717, 1.165) is 18.9 Å². The molecular formula is C26H26F3N3O2S. The standard InChI is InChI=1S/C26H26F3N3O2S/c1-5-6-15-35-25-23(30-3)22(17-11-7-8-12-18(17)26(27,28)29)21(16(2)31-25)24(33)32-19-13-9-10-14-20(19)34-4/h7-14,22,31H,5-6,15H2,1-2,4H3,(H,32,33). The molecule has 1 aliphatic heterocycles. The number of amides is 1. The van der Waals surface area contributed by atoms with Crippen molar-refractivity contribution in [3.05, 3.63) is 93.1 Å². The normalized spacial score (nSPS) is 16.0. The fourth-order valence-electron chi connectivity index (χ4n) is 3.88. The highest BCUT2D eigenvalue weighted by molar-refractivity contribution is 8.03. The van der Waals surface area contributed by atoms with E-state index < -0.39 is 23.6 Å². The summed E-state index contributed by atoms with van der Waals surface area (Å²) in [7, 11) is 1.46. The third-order valence-electron chi connectivity index (χ3n) is 5.54. The maximum Gasteiger partial charge on any atom is 0.416 e. The van der Waals surface area contributed by atoms with Crippen LogP contribution >= 0.6 is 11.8 Å². The first-order valence-electron chi connectivity index (χ1n) is 11.1. The van der Waals surface area contributed by atoms with Crippen LogP contribution in [-0.4, -0.2) is 18.8 Å². The molecule has 5 nitrogen and oxygen atoms in total. The molecule has 2 aromatic carbocycles. The van der Waals surface area contributed by atoms with E-state index in [4.69, 9.17) is 11.3 Å². The first kappa shape index (κ1) is 26.2. The zero-order chi connectivity index (χ0) is 25.6. The van der Waals surface area contributed by atoms with Gasteiger partial charge in [-0.3, -0.25) is 4.79 Å². The number of carbonyl (C=O) groups excluding carboxylic acids is 1. The van der Waals surface area contributed by atoms with Crippen LogP contribution in [0.3, 0.4) is 0 Å². The molecule has 0 aromatic heterocycles. The van der Waals surface area contributed by atoms with Crippen molar-refractivity contribution in [2.45, 2.75) is 38.8 Å². The largest absolute Gasteiger partial charge is 0.495 e. The van der Waals surface area contributed by atoms with Gasteiger partial charge in [-0.25, -0.2) is 4.85 Å². The third kappa shape index (κ3) is 5.82. The van der Waals surface area contributed by atoms with E-state index >= 15 is 0 Å². The van der Waals surface area contributed by atoms with E-state index in [0.29, 0.717) is 27.9 Å². The van der Waals surface area contributed by atoms with Gasteiger partial charge in [0.15, 0.2) is 0 Å². The summed E-state index contributed by atoms with van der Waals surface area (Å²) in [5.74, 6) is -0.695. The van der Waals surface area contributed by atoms with E-state index in [1.165, 1.54) is 37.1 Å². The fraction of sp³-hybridized carbons (Fsp3) is 0.308.